The van der Waals surface area contributed by atoms with Gasteiger partial charge in [-0.15, -0.1) is 0 Å². The monoisotopic (exact) mass is 290 g/mol. The zero-order chi connectivity index (χ0) is 14.6. The highest BCUT2D eigenvalue weighted by Gasteiger charge is 2.30. The molecule has 0 spiro atoms. The van der Waals surface area contributed by atoms with Crippen molar-refractivity contribution in [3.63, 3.8) is 0 Å². The Balaban J connectivity index is 1.79. The minimum Gasteiger partial charge on any atom is -0.350 e. The molecule has 0 aliphatic heterocycles. The first-order chi connectivity index (χ1) is 9.46. The van der Waals surface area contributed by atoms with Gasteiger partial charge in [0.1, 0.15) is 0 Å². The summed E-state index contributed by atoms with van der Waals surface area (Å²) in [6, 6.07) is 0.0773. The number of hydrogen-bond donors (Lipinski definition) is 2. The van der Waals surface area contributed by atoms with E-state index in [0.717, 1.165) is 19.3 Å². The average molecular weight is 290 g/mol. The summed E-state index contributed by atoms with van der Waals surface area (Å²) in [5.41, 5.74) is 0. The van der Waals surface area contributed by atoms with Crippen molar-refractivity contribution in [1.82, 2.24) is 20.2 Å². The van der Waals surface area contributed by atoms with E-state index in [1.54, 1.807) is 12.5 Å². The van der Waals surface area contributed by atoms with Crippen molar-refractivity contribution >= 4 is 5.91 Å². The molecule has 1 aromatic heterocycles. The van der Waals surface area contributed by atoms with Crippen molar-refractivity contribution in [3.05, 3.63) is 18.7 Å². The molecule has 20 heavy (non-hydrogen) atoms. The van der Waals surface area contributed by atoms with Crippen LogP contribution in [0.15, 0.2) is 18.7 Å². The summed E-state index contributed by atoms with van der Waals surface area (Å²) in [5, 5.41) is 4.88. The summed E-state index contributed by atoms with van der Waals surface area (Å²) in [6.45, 7) is -1.48. The highest BCUT2D eigenvalue weighted by Crippen LogP contribution is 2.29. The SMILES string of the molecule is O=C(CNCC(F)(F)F)NC1CCCC1n1ccnc1. The van der Waals surface area contributed by atoms with Crippen LogP contribution in [0.3, 0.4) is 0 Å². The molecule has 0 bridgehead atoms. The van der Waals surface area contributed by atoms with Crippen LogP contribution in [-0.2, 0) is 4.79 Å². The minimum absolute atomic E-state index is 0.0515. The van der Waals surface area contributed by atoms with Crippen molar-refractivity contribution in [2.24, 2.45) is 0 Å². The van der Waals surface area contributed by atoms with E-state index in [2.05, 4.69) is 15.6 Å². The molecule has 2 unspecified atom stereocenters. The van der Waals surface area contributed by atoms with Gasteiger partial charge in [0.25, 0.3) is 0 Å². The van der Waals surface area contributed by atoms with Gasteiger partial charge in [0.15, 0.2) is 0 Å². The zero-order valence-corrected chi connectivity index (χ0v) is 10.9. The normalized spacial score (nSPS) is 22.9. The molecule has 2 N–H and O–H groups in total. The predicted molar refractivity (Wildman–Crippen MR) is 66.0 cm³/mol. The van der Waals surface area contributed by atoms with Gasteiger partial charge in [-0.2, -0.15) is 13.2 Å². The van der Waals surface area contributed by atoms with E-state index in [1.165, 1.54) is 0 Å². The Morgan fingerprint density at radius 3 is 2.85 bits per heavy atom. The van der Waals surface area contributed by atoms with Crippen molar-refractivity contribution < 1.29 is 18.0 Å². The van der Waals surface area contributed by atoms with E-state index in [0.29, 0.717) is 0 Å². The van der Waals surface area contributed by atoms with Gasteiger partial charge in [-0.3, -0.25) is 4.79 Å². The molecule has 1 saturated carbocycles. The van der Waals surface area contributed by atoms with E-state index >= 15 is 0 Å². The number of alkyl halides is 3. The predicted octanol–water partition coefficient (Wildman–Crippen LogP) is 1.24. The number of carbonyl (C=O) groups is 1. The summed E-state index contributed by atoms with van der Waals surface area (Å²) < 4.78 is 37.8. The average Bonchev–Trinajstić information content (AvgIpc) is 2.96. The van der Waals surface area contributed by atoms with Crippen LogP contribution in [-0.4, -0.2) is 40.8 Å². The maximum Gasteiger partial charge on any atom is 0.401 e. The van der Waals surface area contributed by atoms with E-state index in [4.69, 9.17) is 0 Å². The first kappa shape index (κ1) is 14.8. The highest BCUT2D eigenvalue weighted by atomic mass is 19.4. The third kappa shape index (κ3) is 4.22. The first-order valence-electron chi connectivity index (χ1n) is 6.50. The molecule has 1 heterocycles. The Labute approximate surface area is 114 Å². The molecule has 5 nitrogen and oxygen atoms in total. The molecule has 0 saturated heterocycles. The van der Waals surface area contributed by atoms with E-state index < -0.39 is 18.6 Å². The van der Waals surface area contributed by atoms with Crippen molar-refractivity contribution in [2.45, 2.75) is 37.5 Å². The number of nitrogens with zero attached hydrogens (tertiary/aromatic N) is 2. The second-order valence-electron chi connectivity index (χ2n) is 4.90. The van der Waals surface area contributed by atoms with Gasteiger partial charge >= 0.3 is 6.18 Å². The molecular weight excluding hydrogens is 273 g/mol. The largest absolute Gasteiger partial charge is 0.401 e. The minimum atomic E-state index is -4.30. The Hall–Kier alpha value is -1.57. The summed E-state index contributed by atoms with van der Waals surface area (Å²) >= 11 is 0. The van der Waals surface area contributed by atoms with Crippen molar-refractivity contribution in [3.8, 4) is 0 Å². The van der Waals surface area contributed by atoms with E-state index in [-0.39, 0.29) is 18.6 Å². The van der Waals surface area contributed by atoms with Crippen LogP contribution in [0.4, 0.5) is 13.2 Å². The Kier molecular flexibility index (Phi) is 4.64. The zero-order valence-electron chi connectivity index (χ0n) is 10.9. The fraction of sp³-hybridized carbons (Fsp3) is 0.667. The fourth-order valence-corrected chi connectivity index (χ4v) is 2.51. The van der Waals surface area contributed by atoms with Gasteiger partial charge in [-0.25, -0.2) is 4.98 Å². The maximum absolute atomic E-state index is 12.0. The van der Waals surface area contributed by atoms with Crippen LogP contribution < -0.4 is 10.6 Å². The topological polar surface area (TPSA) is 59.0 Å². The summed E-state index contributed by atoms with van der Waals surface area (Å²) in [4.78, 5) is 15.6. The van der Waals surface area contributed by atoms with E-state index in [9.17, 15) is 18.0 Å². The number of amides is 1. The number of aromatic nitrogens is 2. The number of rotatable bonds is 5. The molecule has 0 radical (unpaired) electrons. The second-order valence-corrected chi connectivity index (χ2v) is 4.90. The van der Waals surface area contributed by atoms with Crippen LogP contribution in [0.25, 0.3) is 0 Å². The standard InChI is InChI=1S/C12H17F3N4O/c13-12(14,15)7-17-6-11(20)18-9-2-1-3-10(9)19-5-4-16-8-19/h4-5,8-10,17H,1-3,6-7H2,(H,18,20). The quantitative estimate of drug-likeness (QED) is 0.858. The fourth-order valence-electron chi connectivity index (χ4n) is 2.51. The van der Waals surface area contributed by atoms with Crippen LogP contribution in [0.5, 0.6) is 0 Å². The third-order valence-electron chi connectivity index (χ3n) is 3.34. The lowest BCUT2D eigenvalue weighted by molar-refractivity contribution is -0.128. The Morgan fingerprint density at radius 1 is 1.40 bits per heavy atom. The number of hydrogen-bond acceptors (Lipinski definition) is 3. The maximum atomic E-state index is 12.0. The van der Waals surface area contributed by atoms with Crippen LogP contribution >= 0.6 is 0 Å². The van der Waals surface area contributed by atoms with Gasteiger partial charge in [0.05, 0.1) is 25.5 Å². The third-order valence-corrected chi connectivity index (χ3v) is 3.34. The van der Waals surface area contributed by atoms with Gasteiger partial charge in [-0.05, 0) is 19.3 Å². The molecule has 1 aliphatic rings. The molecule has 1 fully saturated rings. The lowest BCUT2D eigenvalue weighted by Crippen LogP contribution is -2.44. The molecule has 112 valence electrons. The number of nitrogens with one attached hydrogen (secondary N) is 2. The van der Waals surface area contributed by atoms with Gasteiger partial charge in [-0.1, -0.05) is 0 Å². The molecule has 2 atom stereocenters. The molecular formula is C12H17F3N4O. The molecule has 8 heteroatoms. The van der Waals surface area contributed by atoms with Crippen LogP contribution in [0.2, 0.25) is 0 Å². The Morgan fingerprint density at radius 2 is 2.20 bits per heavy atom. The van der Waals surface area contributed by atoms with Gasteiger partial charge in [0, 0.05) is 18.4 Å². The van der Waals surface area contributed by atoms with Gasteiger partial charge < -0.3 is 15.2 Å². The highest BCUT2D eigenvalue weighted by molar-refractivity contribution is 5.78. The Bertz CT molecular complexity index is 432. The van der Waals surface area contributed by atoms with Crippen LogP contribution in [0, 0.1) is 0 Å². The lowest BCUT2D eigenvalue weighted by atomic mass is 10.1. The lowest BCUT2D eigenvalue weighted by Gasteiger charge is -2.22. The molecule has 0 aromatic carbocycles. The second kappa shape index (κ2) is 6.25. The summed E-state index contributed by atoms with van der Waals surface area (Å²) in [6.07, 6.45) is 3.62. The first-order valence-corrected chi connectivity index (χ1v) is 6.50. The summed E-state index contributed by atoms with van der Waals surface area (Å²) in [7, 11) is 0. The van der Waals surface area contributed by atoms with Gasteiger partial charge in [0.2, 0.25) is 5.91 Å². The number of imidazole rings is 1. The summed E-state index contributed by atoms with van der Waals surface area (Å²) in [5.74, 6) is -0.411. The molecule has 2 rings (SSSR count). The van der Waals surface area contributed by atoms with Crippen molar-refractivity contribution in [2.75, 3.05) is 13.1 Å². The molecule has 1 aromatic rings. The molecule has 1 aliphatic carbocycles. The number of carbonyl (C=O) groups excluding carboxylic acids is 1. The van der Waals surface area contributed by atoms with E-state index in [1.807, 2.05) is 10.8 Å². The van der Waals surface area contributed by atoms with Crippen molar-refractivity contribution in [1.29, 1.82) is 0 Å². The number of halogens is 3. The molecule has 1 amide bonds. The smallest absolute Gasteiger partial charge is 0.350 e. The van der Waals surface area contributed by atoms with Crippen LogP contribution in [0.1, 0.15) is 25.3 Å².